The quantitative estimate of drug-likeness (QED) is 0.316. The van der Waals surface area contributed by atoms with E-state index < -0.39 is 24.0 Å². The van der Waals surface area contributed by atoms with Crippen LogP contribution in [0.5, 0.6) is 0 Å². The van der Waals surface area contributed by atoms with Gasteiger partial charge in [0, 0.05) is 18.4 Å². The van der Waals surface area contributed by atoms with E-state index in [1.54, 1.807) is 13.0 Å². The number of aryl methyl sites for hydroxylation is 2. The molecule has 0 fully saturated rings. The van der Waals surface area contributed by atoms with Crippen LogP contribution in [-0.2, 0) is 25.7 Å². The van der Waals surface area contributed by atoms with Crippen molar-refractivity contribution in [1.29, 1.82) is 0 Å². The molecule has 5 heteroatoms. The summed E-state index contributed by atoms with van der Waals surface area (Å²) in [5, 5.41) is 0. The lowest BCUT2D eigenvalue weighted by atomic mass is 10.1. The number of carbonyl (C=O) groups excluding carboxylic acids is 3. The van der Waals surface area contributed by atoms with Gasteiger partial charge in [0.05, 0.1) is 13.0 Å². The van der Waals surface area contributed by atoms with Crippen molar-refractivity contribution in [1.82, 2.24) is 4.57 Å². The van der Waals surface area contributed by atoms with Crippen LogP contribution in [0, 0.1) is 13.8 Å². The summed E-state index contributed by atoms with van der Waals surface area (Å²) in [4.78, 5) is 34.7. The Morgan fingerprint density at radius 2 is 1.81 bits per heavy atom. The van der Waals surface area contributed by atoms with Crippen molar-refractivity contribution in [3.63, 3.8) is 0 Å². The molecule has 1 heterocycles. The fraction of sp³-hybridized carbons (Fsp3) is 0.286. The average Bonchev–Trinajstić information content (AvgIpc) is 2.99. The van der Waals surface area contributed by atoms with Crippen LogP contribution in [0.1, 0.15) is 35.7 Å². The highest BCUT2D eigenvalue weighted by Crippen LogP contribution is 2.13. The maximum absolute atomic E-state index is 11.9. The molecule has 0 N–H and O–H groups in total. The number of benzene rings is 1. The van der Waals surface area contributed by atoms with Gasteiger partial charge in [0.2, 0.25) is 5.78 Å². The minimum Gasteiger partial charge on any atom is -0.460 e. The molecule has 0 radical (unpaired) electrons. The van der Waals surface area contributed by atoms with Gasteiger partial charge >= 0.3 is 5.97 Å². The van der Waals surface area contributed by atoms with Crippen LogP contribution in [0.25, 0.3) is 6.08 Å². The van der Waals surface area contributed by atoms with Crippen LogP contribution in [0.2, 0.25) is 0 Å². The first-order chi connectivity index (χ1) is 12.4. The molecule has 1 aromatic heterocycles. The molecule has 1 aromatic carbocycles. The third-order valence-electron chi connectivity index (χ3n) is 3.78. The zero-order valence-corrected chi connectivity index (χ0v) is 15.3. The van der Waals surface area contributed by atoms with Gasteiger partial charge in [-0.2, -0.15) is 0 Å². The van der Waals surface area contributed by atoms with Crippen molar-refractivity contribution >= 4 is 23.6 Å². The molecule has 0 saturated carbocycles. The molecule has 136 valence electrons. The van der Waals surface area contributed by atoms with E-state index in [0.717, 1.165) is 5.69 Å². The Balaban J connectivity index is 2.03. The minimum atomic E-state index is -0.965. The maximum Gasteiger partial charge on any atom is 0.375 e. The maximum atomic E-state index is 11.9. The summed E-state index contributed by atoms with van der Waals surface area (Å²) in [5.41, 5.74) is 4.44. The lowest BCUT2D eigenvalue weighted by Crippen LogP contribution is -2.19. The summed E-state index contributed by atoms with van der Waals surface area (Å²) in [6.07, 6.45) is 4.44. The van der Waals surface area contributed by atoms with E-state index in [1.807, 2.05) is 22.9 Å². The number of carbonyl (C=O) groups is 3. The predicted octanol–water partition coefficient (Wildman–Crippen LogP) is 3.26. The summed E-state index contributed by atoms with van der Waals surface area (Å²) >= 11 is 0. The third-order valence-corrected chi connectivity index (χ3v) is 3.78. The van der Waals surface area contributed by atoms with Gasteiger partial charge in [-0.25, -0.2) is 4.79 Å². The monoisotopic (exact) mass is 353 g/mol. The van der Waals surface area contributed by atoms with Gasteiger partial charge in [-0.1, -0.05) is 29.3 Å². The molecule has 0 aliphatic heterocycles. The van der Waals surface area contributed by atoms with Crippen molar-refractivity contribution < 1.29 is 19.1 Å². The first-order valence-electron chi connectivity index (χ1n) is 8.52. The second-order valence-electron chi connectivity index (χ2n) is 6.18. The SMILES string of the molecule is CCOC(=O)C(=O)CC(=O)/C=C/c1cccn1Cc1cc(C)cc(C)c1. The van der Waals surface area contributed by atoms with Gasteiger partial charge in [0.1, 0.15) is 0 Å². The summed E-state index contributed by atoms with van der Waals surface area (Å²) in [6.45, 7) is 6.53. The van der Waals surface area contributed by atoms with Crippen LogP contribution in [0.4, 0.5) is 0 Å². The highest BCUT2D eigenvalue weighted by molar-refractivity contribution is 6.37. The average molecular weight is 353 g/mol. The first-order valence-corrected chi connectivity index (χ1v) is 8.52. The lowest BCUT2D eigenvalue weighted by molar-refractivity contribution is -0.154. The standard InChI is InChI=1S/C21H23NO4/c1-4-26-21(25)20(24)13-19(23)8-7-18-6-5-9-22(18)14-17-11-15(2)10-16(3)12-17/h5-12H,4,13-14H2,1-3H3/b8-7+. The summed E-state index contributed by atoms with van der Waals surface area (Å²) in [6, 6.07) is 10.2. The molecule has 0 saturated heterocycles. The fourth-order valence-corrected chi connectivity index (χ4v) is 2.76. The number of hydrogen-bond acceptors (Lipinski definition) is 4. The van der Waals surface area contributed by atoms with Gasteiger partial charge in [-0.3, -0.25) is 9.59 Å². The topological polar surface area (TPSA) is 65.4 Å². The zero-order valence-electron chi connectivity index (χ0n) is 15.3. The molecule has 2 aromatic rings. The molecular formula is C21H23NO4. The number of nitrogens with zero attached hydrogens (tertiary/aromatic N) is 1. The number of ether oxygens (including phenoxy) is 1. The molecule has 0 atom stereocenters. The summed E-state index contributed by atoms with van der Waals surface area (Å²) in [7, 11) is 0. The summed E-state index contributed by atoms with van der Waals surface area (Å²) < 4.78 is 6.61. The van der Waals surface area contributed by atoms with Gasteiger partial charge < -0.3 is 9.30 Å². The number of aromatic nitrogens is 1. The van der Waals surface area contributed by atoms with Crippen molar-refractivity contribution in [2.45, 2.75) is 33.7 Å². The van der Waals surface area contributed by atoms with Crippen LogP contribution >= 0.6 is 0 Å². The van der Waals surface area contributed by atoms with Crippen molar-refractivity contribution in [2.24, 2.45) is 0 Å². The van der Waals surface area contributed by atoms with Crippen LogP contribution in [0.15, 0.2) is 42.6 Å². The Labute approximate surface area is 153 Å². The van der Waals surface area contributed by atoms with E-state index >= 15 is 0 Å². The molecule has 0 unspecified atom stereocenters. The molecule has 26 heavy (non-hydrogen) atoms. The Morgan fingerprint density at radius 3 is 2.46 bits per heavy atom. The van der Waals surface area contributed by atoms with E-state index in [-0.39, 0.29) is 6.61 Å². The molecule has 0 bridgehead atoms. The fourth-order valence-electron chi connectivity index (χ4n) is 2.76. The highest BCUT2D eigenvalue weighted by atomic mass is 16.5. The van der Waals surface area contributed by atoms with Gasteiger partial charge in [0.25, 0.3) is 0 Å². The van der Waals surface area contributed by atoms with Crippen molar-refractivity contribution in [2.75, 3.05) is 6.61 Å². The number of rotatable bonds is 8. The highest BCUT2D eigenvalue weighted by Gasteiger charge is 2.17. The number of Topliss-reactive ketones (excluding diaryl/α,β-unsaturated/α-hetero) is 1. The number of ketones is 2. The molecule has 5 nitrogen and oxygen atoms in total. The minimum absolute atomic E-state index is 0.112. The molecule has 0 amide bonds. The van der Waals surface area contributed by atoms with Crippen LogP contribution in [-0.4, -0.2) is 28.7 Å². The second-order valence-corrected chi connectivity index (χ2v) is 6.18. The third kappa shape index (κ3) is 5.55. The van der Waals surface area contributed by atoms with Gasteiger partial charge in [-0.05, 0) is 50.6 Å². The Morgan fingerprint density at radius 1 is 1.12 bits per heavy atom. The molecule has 2 rings (SSSR count). The zero-order chi connectivity index (χ0) is 19.1. The summed E-state index contributed by atoms with van der Waals surface area (Å²) in [5.74, 6) is -2.22. The van der Waals surface area contributed by atoms with E-state index in [1.165, 1.54) is 22.8 Å². The molecular weight excluding hydrogens is 330 g/mol. The number of allylic oxidation sites excluding steroid dienone is 1. The normalized spacial score (nSPS) is 10.9. The Kier molecular flexibility index (Phi) is 6.67. The van der Waals surface area contributed by atoms with Crippen LogP contribution in [0.3, 0.4) is 0 Å². The van der Waals surface area contributed by atoms with Crippen molar-refractivity contribution in [3.05, 3.63) is 65.0 Å². The van der Waals surface area contributed by atoms with E-state index in [4.69, 9.17) is 0 Å². The largest absolute Gasteiger partial charge is 0.460 e. The number of hydrogen-bond donors (Lipinski definition) is 0. The number of esters is 1. The predicted molar refractivity (Wildman–Crippen MR) is 99.7 cm³/mol. The molecule has 0 aliphatic rings. The van der Waals surface area contributed by atoms with Crippen molar-refractivity contribution in [3.8, 4) is 0 Å². The molecule has 0 aliphatic carbocycles. The first kappa shape index (κ1) is 19.4. The second kappa shape index (κ2) is 8.94. The molecule has 0 spiro atoms. The van der Waals surface area contributed by atoms with Gasteiger partial charge in [0.15, 0.2) is 5.78 Å². The smallest absolute Gasteiger partial charge is 0.375 e. The van der Waals surface area contributed by atoms with Crippen LogP contribution < -0.4 is 0 Å². The van der Waals surface area contributed by atoms with E-state index in [9.17, 15) is 14.4 Å². The Hall–Kier alpha value is -2.95. The van der Waals surface area contributed by atoms with Gasteiger partial charge in [-0.15, -0.1) is 0 Å². The Bertz CT molecular complexity index is 825. The van der Waals surface area contributed by atoms with E-state index in [0.29, 0.717) is 6.54 Å². The van der Waals surface area contributed by atoms with E-state index in [2.05, 4.69) is 36.8 Å². The lowest BCUT2D eigenvalue weighted by Gasteiger charge is -2.09.